The molecule has 0 aromatic rings. The van der Waals surface area contributed by atoms with Gasteiger partial charge in [0.1, 0.15) is 0 Å². The van der Waals surface area contributed by atoms with E-state index in [1.54, 1.807) is 0 Å². The molecular weight excluding hydrogens is 152 g/mol. The third-order valence-corrected chi connectivity index (χ3v) is 2.40. The second-order valence-corrected chi connectivity index (χ2v) is 4.12. The van der Waals surface area contributed by atoms with Crippen LogP contribution in [0.4, 0.5) is 0 Å². The molecule has 0 atom stereocenters. The van der Waals surface area contributed by atoms with E-state index in [0.29, 0.717) is 0 Å². The quantitative estimate of drug-likeness (QED) is 0.596. The molecule has 0 aromatic heterocycles. The molecule has 0 radical (unpaired) electrons. The molecule has 1 heterocycles. The molecule has 0 saturated carbocycles. The minimum absolute atomic E-state index is 0.00116. The van der Waals surface area contributed by atoms with Gasteiger partial charge in [-0.15, -0.1) is 0 Å². The Hall–Kier alpha value is -0.700. The standard InChI is InChI=1S/C9H18N2O/c1-8(12)11-6-5-10(4)7-9(11,2)3/h12H,1,5-7H2,2-4H3. The van der Waals surface area contributed by atoms with E-state index in [0.717, 1.165) is 19.6 Å². The summed E-state index contributed by atoms with van der Waals surface area (Å²) in [4.78, 5) is 4.21. The van der Waals surface area contributed by atoms with E-state index in [1.807, 2.05) is 4.90 Å². The molecule has 0 spiro atoms. The number of hydrogen-bond acceptors (Lipinski definition) is 3. The van der Waals surface area contributed by atoms with Crippen molar-refractivity contribution in [2.45, 2.75) is 19.4 Å². The van der Waals surface area contributed by atoms with E-state index in [2.05, 4.69) is 32.4 Å². The van der Waals surface area contributed by atoms with E-state index in [1.165, 1.54) is 0 Å². The van der Waals surface area contributed by atoms with E-state index >= 15 is 0 Å². The van der Waals surface area contributed by atoms with E-state index in [4.69, 9.17) is 0 Å². The highest BCUT2D eigenvalue weighted by molar-refractivity contribution is 4.97. The fraction of sp³-hybridized carbons (Fsp3) is 0.778. The van der Waals surface area contributed by atoms with Crippen LogP contribution in [0.5, 0.6) is 0 Å². The fourth-order valence-electron chi connectivity index (χ4n) is 1.88. The summed E-state index contributed by atoms with van der Waals surface area (Å²) in [6, 6.07) is 0. The minimum Gasteiger partial charge on any atom is -0.495 e. The van der Waals surface area contributed by atoms with Gasteiger partial charge in [-0.1, -0.05) is 0 Å². The Morgan fingerprint density at radius 1 is 1.42 bits per heavy atom. The number of aliphatic hydroxyl groups excluding tert-OH is 1. The predicted molar refractivity (Wildman–Crippen MR) is 50.1 cm³/mol. The lowest BCUT2D eigenvalue weighted by atomic mass is 10.00. The van der Waals surface area contributed by atoms with Crippen LogP contribution in [0.15, 0.2) is 12.5 Å². The lowest BCUT2D eigenvalue weighted by molar-refractivity contribution is 0.0231. The van der Waals surface area contributed by atoms with Crippen LogP contribution in [0.3, 0.4) is 0 Å². The normalized spacial score (nSPS) is 24.1. The topological polar surface area (TPSA) is 26.7 Å². The van der Waals surface area contributed by atoms with Crippen LogP contribution in [0, 0.1) is 0 Å². The van der Waals surface area contributed by atoms with Gasteiger partial charge in [0.15, 0.2) is 5.88 Å². The van der Waals surface area contributed by atoms with Crippen molar-refractivity contribution in [1.82, 2.24) is 9.80 Å². The summed E-state index contributed by atoms with van der Waals surface area (Å²) in [6.07, 6.45) is 0. The molecule has 0 unspecified atom stereocenters. The number of rotatable bonds is 1. The van der Waals surface area contributed by atoms with Crippen LogP contribution in [-0.2, 0) is 0 Å². The molecular formula is C9H18N2O. The summed E-state index contributed by atoms with van der Waals surface area (Å²) in [5, 5.41) is 9.31. The highest BCUT2D eigenvalue weighted by Gasteiger charge is 2.32. The number of hydrogen-bond donors (Lipinski definition) is 1. The zero-order valence-electron chi connectivity index (χ0n) is 8.17. The minimum atomic E-state index is -0.00116. The third-order valence-electron chi connectivity index (χ3n) is 2.40. The SMILES string of the molecule is C=C(O)N1CCN(C)CC1(C)C. The van der Waals surface area contributed by atoms with Crippen molar-refractivity contribution < 1.29 is 5.11 Å². The van der Waals surface area contributed by atoms with Crippen molar-refractivity contribution in [3.8, 4) is 0 Å². The van der Waals surface area contributed by atoms with Gasteiger partial charge in [-0.3, -0.25) is 0 Å². The highest BCUT2D eigenvalue weighted by Crippen LogP contribution is 2.22. The van der Waals surface area contributed by atoms with Gasteiger partial charge < -0.3 is 14.9 Å². The van der Waals surface area contributed by atoms with Crippen LogP contribution in [0.2, 0.25) is 0 Å². The van der Waals surface area contributed by atoms with Crippen molar-refractivity contribution >= 4 is 0 Å². The molecule has 0 aliphatic carbocycles. The molecule has 1 fully saturated rings. The van der Waals surface area contributed by atoms with Gasteiger partial charge in [-0.05, 0) is 27.5 Å². The first-order chi connectivity index (χ1) is 5.43. The van der Waals surface area contributed by atoms with E-state index < -0.39 is 0 Å². The van der Waals surface area contributed by atoms with Gasteiger partial charge in [0, 0.05) is 19.6 Å². The molecule has 12 heavy (non-hydrogen) atoms. The number of likely N-dealkylation sites (N-methyl/N-ethyl adjacent to an activating group) is 1. The van der Waals surface area contributed by atoms with Crippen molar-refractivity contribution in [3.63, 3.8) is 0 Å². The summed E-state index contributed by atoms with van der Waals surface area (Å²) in [7, 11) is 2.10. The monoisotopic (exact) mass is 170 g/mol. The zero-order chi connectivity index (χ0) is 9.35. The second kappa shape index (κ2) is 2.98. The van der Waals surface area contributed by atoms with Gasteiger partial charge in [-0.2, -0.15) is 0 Å². The Kier molecular flexibility index (Phi) is 2.33. The second-order valence-electron chi connectivity index (χ2n) is 4.12. The van der Waals surface area contributed by atoms with Gasteiger partial charge in [-0.25, -0.2) is 0 Å². The van der Waals surface area contributed by atoms with Crippen LogP contribution in [0.25, 0.3) is 0 Å². The maximum atomic E-state index is 9.31. The van der Waals surface area contributed by atoms with Gasteiger partial charge in [0.05, 0.1) is 5.54 Å². The Morgan fingerprint density at radius 3 is 2.42 bits per heavy atom. The summed E-state index contributed by atoms with van der Waals surface area (Å²) in [6.45, 7) is 10.6. The van der Waals surface area contributed by atoms with E-state index in [9.17, 15) is 5.11 Å². The molecule has 1 saturated heterocycles. The van der Waals surface area contributed by atoms with Gasteiger partial charge in [0.25, 0.3) is 0 Å². The lowest BCUT2D eigenvalue weighted by Crippen LogP contribution is -2.57. The largest absolute Gasteiger partial charge is 0.495 e. The Labute approximate surface area is 74.3 Å². The third kappa shape index (κ3) is 1.72. The fourth-order valence-corrected chi connectivity index (χ4v) is 1.88. The molecule has 70 valence electrons. The van der Waals surface area contributed by atoms with Crippen molar-refractivity contribution in [2.75, 3.05) is 26.7 Å². The first-order valence-electron chi connectivity index (χ1n) is 4.27. The Morgan fingerprint density at radius 2 is 2.00 bits per heavy atom. The van der Waals surface area contributed by atoms with Crippen LogP contribution >= 0.6 is 0 Å². The highest BCUT2D eigenvalue weighted by atomic mass is 16.3. The van der Waals surface area contributed by atoms with Crippen LogP contribution < -0.4 is 0 Å². The van der Waals surface area contributed by atoms with Crippen LogP contribution in [-0.4, -0.2) is 47.1 Å². The maximum absolute atomic E-state index is 9.31. The zero-order valence-corrected chi connectivity index (χ0v) is 8.17. The van der Waals surface area contributed by atoms with Gasteiger partial charge in [0.2, 0.25) is 0 Å². The van der Waals surface area contributed by atoms with E-state index in [-0.39, 0.29) is 11.4 Å². The summed E-state index contributed by atoms with van der Waals surface area (Å²) < 4.78 is 0. The average molecular weight is 170 g/mol. The smallest absolute Gasteiger partial charge is 0.179 e. The summed E-state index contributed by atoms with van der Waals surface area (Å²) in [5.74, 6) is 0.188. The number of piperazine rings is 1. The molecule has 0 aromatic carbocycles. The molecule has 1 aliphatic heterocycles. The average Bonchev–Trinajstić information content (AvgIpc) is 1.82. The molecule has 0 bridgehead atoms. The maximum Gasteiger partial charge on any atom is 0.179 e. The van der Waals surface area contributed by atoms with Crippen molar-refractivity contribution in [1.29, 1.82) is 0 Å². The van der Waals surface area contributed by atoms with Crippen LogP contribution in [0.1, 0.15) is 13.8 Å². The number of aliphatic hydroxyl groups is 1. The van der Waals surface area contributed by atoms with Crippen molar-refractivity contribution in [3.05, 3.63) is 12.5 Å². The summed E-state index contributed by atoms with van der Waals surface area (Å²) in [5.41, 5.74) is -0.00116. The number of nitrogens with zero attached hydrogens (tertiary/aromatic N) is 2. The molecule has 1 rings (SSSR count). The van der Waals surface area contributed by atoms with Crippen molar-refractivity contribution in [2.24, 2.45) is 0 Å². The summed E-state index contributed by atoms with van der Waals surface area (Å²) >= 11 is 0. The lowest BCUT2D eigenvalue weighted by Gasteiger charge is -2.46. The Balaban J connectivity index is 2.70. The predicted octanol–water partition coefficient (Wildman–Crippen LogP) is 1.04. The Bertz CT molecular complexity index is 189. The molecule has 0 amide bonds. The molecule has 1 N–H and O–H groups in total. The molecule has 1 aliphatic rings. The molecule has 3 nitrogen and oxygen atoms in total. The molecule has 3 heteroatoms. The van der Waals surface area contributed by atoms with Gasteiger partial charge >= 0.3 is 0 Å². The first-order valence-corrected chi connectivity index (χ1v) is 4.27. The first kappa shape index (κ1) is 9.39.